The molecule has 2 rings (SSSR count). The average molecular weight is 239 g/mol. The van der Waals surface area contributed by atoms with Crippen molar-refractivity contribution in [2.24, 2.45) is 10.5 Å². The van der Waals surface area contributed by atoms with Crippen LogP contribution >= 0.6 is 11.8 Å². The standard InChI is InChI=1S/C12H21N3S/c1-10(2)14-5-11(3)15(13-4)7-12(6-14)8-16-9-12/h10H,3-9H2,1-2H3. The summed E-state index contributed by atoms with van der Waals surface area (Å²) < 4.78 is 0. The van der Waals surface area contributed by atoms with Crippen molar-refractivity contribution >= 4 is 18.5 Å². The van der Waals surface area contributed by atoms with E-state index >= 15 is 0 Å². The first-order valence-electron chi connectivity index (χ1n) is 5.80. The highest BCUT2D eigenvalue weighted by Crippen LogP contribution is 2.41. The summed E-state index contributed by atoms with van der Waals surface area (Å²) in [7, 11) is 0. The highest BCUT2D eigenvalue weighted by molar-refractivity contribution is 8.00. The first-order chi connectivity index (χ1) is 7.56. The fraction of sp³-hybridized carbons (Fsp3) is 0.750. The molecule has 2 saturated heterocycles. The Balaban J connectivity index is 2.18. The third kappa shape index (κ3) is 2.13. The predicted octanol–water partition coefficient (Wildman–Crippen LogP) is 1.87. The van der Waals surface area contributed by atoms with Crippen LogP contribution in [0.5, 0.6) is 0 Å². The lowest BCUT2D eigenvalue weighted by atomic mass is 9.91. The minimum atomic E-state index is 0.412. The molecule has 0 bridgehead atoms. The fourth-order valence-electron chi connectivity index (χ4n) is 2.37. The van der Waals surface area contributed by atoms with Crippen molar-refractivity contribution in [2.75, 3.05) is 31.1 Å². The molecule has 1 spiro atoms. The van der Waals surface area contributed by atoms with Gasteiger partial charge in [-0.2, -0.15) is 16.9 Å². The largest absolute Gasteiger partial charge is 0.294 e. The van der Waals surface area contributed by atoms with Gasteiger partial charge in [0.25, 0.3) is 0 Å². The topological polar surface area (TPSA) is 18.8 Å². The Morgan fingerprint density at radius 3 is 2.50 bits per heavy atom. The quantitative estimate of drug-likeness (QED) is 0.686. The first kappa shape index (κ1) is 12.0. The van der Waals surface area contributed by atoms with E-state index in [9.17, 15) is 0 Å². The molecule has 0 unspecified atom stereocenters. The van der Waals surface area contributed by atoms with Crippen molar-refractivity contribution in [3.63, 3.8) is 0 Å². The van der Waals surface area contributed by atoms with Crippen LogP contribution in [0.25, 0.3) is 0 Å². The highest BCUT2D eigenvalue weighted by atomic mass is 32.2. The molecule has 4 heteroatoms. The predicted molar refractivity (Wildman–Crippen MR) is 71.9 cm³/mol. The van der Waals surface area contributed by atoms with Gasteiger partial charge >= 0.3 is 0 Å². The van der Waals surface area contributed by atoms with E-state index in [4.69, 9.17) is 0 Å². The molecule has 90 valence electrons. The van der Waals surface area contributed by atoms with Gasteiger partial charge < -0.3 is 0 Å². The second-order valence-corrected chi connectivity index (χ2v) is 6.24. The molecular formula is C12H21N3S. The SMILES string of the molecule is C=NN1CC2(CSC2)CN(C(C)C)CC1=C. The van der Waals surface area contributed by atoms with Crippen molar-refractivity contribution in [3.8, 4) is 0 Å². The lowest BCUT2D eigenvalue weighted by molar-refractivity contribution is 0.162. The number of hydrogen-bond acceptors (Lipinski definition) is 4. The molecule has 0 aromatic heterocycles. The van der Waals surface area contributed by atoms with E-state index in [1.54, 1.807) is 0 Å². The molecule has 0 radical (unpaired) electrons. The Morgan fingerprint density at radius 1 is 1.38 bits per heavy atom. The Bertz CT molecular complexity index is 297. The maximum Gasteiger partial charge on any atom is 0.0496 e. The Hall–Kier alpha value is -0.480. The lowest BCUT2D eigenvalue weighted by Crippen LogP contribution is -2.50. The van der Waals surface area contributed by atoms with Gasteiger partial charge in [0.05, 0.1) is 0 Å². The van der Waals surface area contributed by atoms with Gasteiger partial charge in [0.1, 0.15) is 0 Å². The molecule has 0 aromatic carbocycles. The number of nitrogens with zero attached hydrogens (tertiary/aromatic N) is 3. The Morgan fingerprint density at radius 2 is 2.06 bits per heavy atom. The van der Waals surface area contributed by atoms with E-state index < -0.39 is 0 Å². The smallest absolute Gasteiger partial charge is 0.0496 e. The second kappa shape index (κ2) is 4.41. The number of hydrazone groups is 1. The van der Waals surface area contributed by atoms with E-state index in [1.807, 2.05) is 16.8 Å². The number of rotatable bonds is 2. The molecule has 0 N–H and O–H groups in total. The van der Waals surface area contributed by atoms with Gasteiger partial charge in [-0.15, -0.1) is 0 Å². The van der Waals surface area contributed by atoms with Crippen molar-refractivity contribution in [1.29, 1.82) is 0 Å². The Kier molecular flexibility index (Phi) is 3.31. The lowest BCUT2D eigenvalue weighted by Gasteiger charge is -2.44. The zero-order valence-electron chi connectivity index (χ0n) is 10.3. The molecule has 3 nitrogen and oxygen atoms in total. The van der Waals surface area contributed by atoms with Gasteiger partial charge in [-0.1, -0.05) is 6.58 Å². The number of thioether (sulfide) groups is 1. The van der Waals surface area contributed by atoms with Gasteiger partial charge in [0.2, 0.25) is 0 Å². The van der Waals surface area contributed by atoms with Gasteiger partial charge in [-0.05, 0) is 13.8 Å². The van der Waals surface area contributed by atoms with Gasteiger partial charge in [0.15, 0.2) is 0 Å². The summed E-state index contributed by atoms with van der Waals surface area (Å²) >= 11 is 2.03. The molecule has 0 amide bonds. The van der Waals surface area contributed by atoms with E-state index in [-0.39, 0.29) is 0 Å². The van der Waals surface area contributed by atoms with E-state index in [0.29, 0.717) is 11.5 Å². The molecular weight excluding hydrogens is 218 g/mol. The summed E-state index contributed by atoms with van der Waals surface area (Å²) in [4.78, 5) is 2.51. The fourth-order valence-corrected chi connectivity index (χ4v) is 3.52. The molecule has 16 heavy (non-hydrogen) atoms. The first-order valence-corrected chi connectivity index (χ1v) is 6.95. The number of hydrogen-bond donors (Lipinski definition) is 0. The monoisotopic (exact) mass is 239 g/mol. The summed E-state index contributed by atoms with van der Waals surface area (Å²) in [6, 6.07) is 0.573. The van der Waals surface area contributed by atoms with Crippen LogP contribution in [0.2, 0.25) is 0 Å². The molecule has 2 aliphatic rings. The maximum atomic E-state index is 4.13. The van der Waals surface area contributed by atoms with Crippen LogP contribution < -0.4 is 0 Å². The third-order valence-electron chi connectivity index (χ3n) is 3.49. The van der Waals surface area contributed by atoms with Gasteiger partial charge in [-0.3, -0.25) is 9.91 Å². The molecule has 2 fully saturated rings. The van der Waals surface area contributed by atoms with Crippen LogP contribution in [0.4, 0.5) is 0 Å². The van der Waals surface area contributed by atoms with Crippen LogP contribution in [0.1, 0.15) is 13.8 Å². The zero-order valence-corrected chi connectivity index (χ0v) is 11.1. The summed E-state index contributed by atoms with van der Waals surface area (Å²) in [5.41, 5.74) is 1.49. The van der Waals surface area contributed by atoms with Crippen LogP contribution in [-0.4, -0.2) is 53.8 Å². The molecule has 2 aliphatic heterocycles. The van der Waals surface area contributed by atoms with E-state index in [0.717, 1.165) is 18.8 Å². The van der Waals surface area contributed by atoms with Crippen molar-refractivity contribution in [1.82, 2.24) is 9.91 Å². The summed E-state index contributed by atoms with van der Waals surface area (Å²) in [6.07, 6.45) is 0. The zero-order chi connectivity index (χ0) is 11.8. The molecule has 0 atom stereocenters. The summed E-state index contributed by atoms with van der Waals surface area (Å²) in [6.45, 7) is 15.4. The van der Waals surface area contributed by atoms with Crippen LogP contribution in [-0.2, 0) is 0 Å². The Labute approximate surface area is 103 Å². The molecule has 0 aromatic rings. The van der Waals surface area contributed by atoms with Gasteiger partial charge in [0, 0.05) is 55.0 Å². The van der Waals surface area contributed by atoms with Crippen LogP contribution in [0.15, 0.2) is 17.4 Å². The van der Waals surface area contributed by atoms with Crippen molar-refractivity contribution < 1.29 is 0 Å². The minimum absolute atomic E-state index is 0.412. The summed E-state index contributed by atoms with van der Waals surface area (Å²) in [5.74, 6) is 2.49. The highest BCUT2D eigenvalue weighted by Gasteiger charge is 2.43. The van der Waals surface area contributed by atoms with Crippen LogP contribution in [0, 0.1) is 5.41 Å². The molecule has 2 heterocycles. The minimum Gasteiger partial charge on any atom is -0.294 e. The van der Waals surface area contributed by atoms with Gasteiger partial charge in [-0.25, -0.2) is 0 Å². The average Bonchev–Trinajstić information content (AvgIpc) is 2.34. The van der Waals surface area contributed by atoms with Crippen molar-refractivity contribution in [2.45, 2.75) is 19.9 Å². The van der Waals surface area contributed by atoms with Crippen molar-refractivity contribution in [3.05, 3.63) is 12.3 Å². The van der Waals surface area contributed by atoms with E-state index in [1.165, 1.54) is 18.1 Å². The molecule has 0 aliphatic carbocycles. The second-order valence-electron chi connectivity index (χ2n) is 5.26. The normalized spacial score (nSPS) is 25.7. The molecule has 0 saturated carbocycles. The van der Waals surface area contributed by atoms with Crippen LogP contribution in [0.3, 0.4) is 0 Å². The van der Waals surface area contributed by atoms with E-state index in [2.05, 4.69) is 37.1 Å². The summed E-state index contributed by atoms with van der Waals surface area (Å²) in [5, 5.41) is 6.11. The maximum absolute atomic E-state index is 4.13. The third-order valence-corrected chi connectivity index (χ3v) is 5.12.